The van der Waals surface area contributed by atoms with Crippen LogP contribution in [0.15, 0.2) is 29.3 Å². The maximum absolute atomic E-state index is 12.8. The van der Waals surface area contributed by atoms with Gasteiger partial charge in [0.2, 0.25) is 5.91 Å². The van der Waals surface area contributed by atoms with Crippen molar-refractivity contribution in [1.29, 1.82) is 0 Å². The molecular formula is C25H41N5O. The smallest absolute Gasteiger partial charge is 0.230 e. The fraction of sp³-hybridized carbons (Fsp3) is 0.680. The van der Waals surface area contributed by atoms with Gasteiger partial charge in [-0.25, -0.2) is 0 Å². The van der Waals surface area contributed by atoms with Gasteiger partial charge in [0, 0.05) is 46.8 Å². The summed E-state index contributed by atoms with van der Waals surface area (Å²) in [4.78, 5) is 21.5. The van der Waals surface area contributed by atoms with Gasteiger partial charge in [0.25, 0.3) is 0 Å². The second-order valence-electron chi connectivity index (χ2n) is 9.60. The SMILES string of the molecule is CN=C(NCc1ccc(CN2CCCCC2C)cc1)NCC1(C(=O)N(C)C)CCCC1. The standard InChI is InChI=1S/C25H41N5O/c1-20-9-5-8-16-30(20)18-22-12-10-21(11-13-22)17-27-24(26-2)28-19-25(14-6-7-15-25)23(31)29(3)4/h10-13,20H,5-9,14-19H2,1-4H3,(H2,26,27,28). The fourth-order valence-corrected chi connectivity index (χ4v) is 5.04. The second kappa shape index (κ2) is 11.0. The number of guanidine groups is 1. The average molecular weight is 428 g/mol. The number of hydrogen-bond acceptors (Lipinski definition) is 3. The number of aliphatic imine (C=N–C) groups is 1. The quantitative estimate of drug-likeness (QED) is 0.517. The number of piperidine rings is 1. The molecule has 1 aromatic rings. The van der Waals surface area contributed by atoms with E-state index < -0.39 is 0 Å². The van der Waals surface area contributed by atoms with Gasteiger partial charge in [-0.2, -0.15) is 0 Å². The first kappa shape index (κ1) is 23.6. The van der Waals surface area contributed by atoms with E-state index in [1.54, 1.807) is 11.9 Å². The average Bonchev–Trinajstić information content (AvgIpc) is 3.26. The Morgan fingerprint density at radius 3 is 2.39 bits per heavy atom. The van der Waals surface area contributed by atoms with Crippen molar-refractivity contribution in [2.45, 2.75) is 71.0 Å². The lowest BCUT2D eigenvalue weighted by Gasteiger charge is -2.33. The maximum atomic E-state index is 12.8. The lowest BCUT2D eigenvalue weighted by Crippen LogP contribution is -2.49. The van der Waals surface area contributed by atoms with Crippen molar-refractivity contribution in [2.24, 2.45) is 10.4 Å². The molecule has 0 spiro atoms. The highest BCUT2D eigenvalue weighted by Gasteiger charge is 2.42. The molecule has 1 atom stereocenters. The molecule has 0 aromatic heterocycles. The first-order valence-electron chi connectivity index (χ1n) is 11.9. The third-order valence-corrected chi connectivity index (χ3v) is 7.05. The van der Waals surface area contributed by atoms with E-state index in [2.05, 4.69) is 51.7 Å². The summed E-state index contributed by atoms with van der Waals surface area (Å²) in [6, 6.07) is 9.60. The molecule has 31 heavy (non-hydrogen) atoms. The van der Waals surface area contributed by atoms with Gasteiger partial charge < -0.3 is 15.5 Å². The van der Waals surface area contributed by atoms with Gasteiger partial charge in [0.1, 0.15) is 0 Å². The minimum Gasteiger partial charge on any atom is -0.355 e. The Kier molecular flexibility index (Phi) is 8.35. The molecule has 1 unspecified atom stereocenters. The molecule has 1 aliphatic heterocycles. The first-order chi connectivity index (χ1) is 14.9. The predicted octanol–water partition coefficient (Wildman–Crippen LogP) is 3.37. The molecule has 6 nitrogen and oxygen atoms in total. The maximum Gasteiger partial charge on any atom is 0.230 e. The highest BCUT2D eigenvalue weighted by Crippen LogP contribution is 2.38. The van der Waals surface area contributed by atoms with E-state index in [9.17, 15) is 4.79 Å². The first-order valence-corrected chi connectivity index (χ1v) is 11.9. The molecule has 2 fully saturated rings. The zero-order valence-corrected chi connectivity index (χ0v) is 19.9. The van der Waals surface area contributed by atoms with E-state index in [4.69, 9.17) is 0 Å². The van der Waals surface area contributed by atoms with Crippen molar-refractivity contribution < 1.29 is 4.79 Å². The van der Waals surface area contributed by atoms with Crippen molar-refractivity contribution in [3.05, 3.63) is 35.4 Å². The van der Waals surface area contributed by atoms with Crippen LogP contribution in [0.3, 0.4) is 0 Å². The van der Waals surface area contributed by atoms with Crippen LogP contribution < -0.4 is 10.6 Å². The van der Waals surface area contributed by atoms with E-state index in [-0.39, 0.29) is 11.3 Å². The Hall–Kier alpha value is -2.08. The number of carbonyl (C=O) groups is 1. The topological polar surface area (TPSA) is 60.0 Å². The Morgan fingerprint density at radius 1 is 1.10 bits per heavy atom. The molecule has 2 aliphatic rings. The molecule has 1 aliphatic carbocycles. The van der Waals surface area contributed by atoms with Crippen LogP contribution in [0.25, 0.3) is 0 Å². The number of rotatable bonds is 7. The van der Waals surface area contributed by atoms with Gasteiger partial charge >= 0.3 is 0 Å². The third kappa shape index (κ3) is 6.22. The summed E-state index contributed by atoms with van der Waals surface area (Å²) in [5.74, 6) is 0.982. The lowest BCUT2D eigenvalue weighted by atomic mass is 9.84. The Bertz CT molecular complexity index is 737. The molecule has 1 aromatic carbocycles. The normalized spacial score (nSPS) is 21.7. The fourth-order valence-electron chi connectivity index (χ4n) is 5.04. The summed E-state index contributed by atoms with van der Waals surface area (Å²) in [5, 5.41) is 6.82. The van der Waals surface area contributed by atoms with Crippen molar-refractivity contribution in [1.82, 2.24) is 20.4 Å². The van der Waals surface area contributed by atoms with Crippen molar-refractivity contribution >= 4 is 11.9 Å². The minimum absolute atomic E-state index is 0.228. The van der Waals surface area contributed by atoms with Crippen molar-refractivity contribution in [2.75, 3.05) is 34.2 Å². The highest BCUT2D eigenvalue weighted by molar-refractivity contribution is 5.85. The molecule has 1 saturated heterocycles. The summed E-state index contributed by atoms with van der Waals surface area (Å²) in [6.45, 7) is 5.95. The number of hydrogen-bond donors (Lipinski definition) is 2. The van der Waals surface area contributed by atoms with E-state index in [1.807, 2.05) is 14.1 Å². The van der Waals surface area contributed by atoms with Crippen LogP contribution >= 0.6 is 0 Å². The number of carbonyl (C=O) groups excluding carboxylic acids is 1. The summed E-state index contributed by atoms with van der Waals surface area (Å²) in [5.41, 5.74) is 2.32. The number of benzene rings is 1. The molecule has 1 saturated carbocycles. The summed E-state index contributed by atoms with van der Waals surface area (Å²) >= 11 is 0. The van der Waals surface area contributed by atoms with Gasteiger partial charge in [-0.05, 0) is 50.3 Å². The zero-order chi connectivity index (χ0) is 22.3. The van der Waals surface area contributed by atoms with Crippen LogP contribution in [-0.4, -0.2) is 61.9 Å². The highest BCUT2D eigenvalue weighted by atomic mass is 16.2. The van der Waals surface area contributed by atoms with Gasteiger partial charge in [-0.3, -0.25) is 14.7 Å². The Morgan fingerprint density at radius 2 is 1.77 bits per heavy atom. The molecule has 0 bridgehead atoms. The van der Waals surface area contributed by atoms with E-state index in [0.717, 1.165) is 38.2 Å². The number of amides is 1. The molecule has 172 valence electrons. The second-order valence-corrected chi connectivity index (χ2v) is 9.60. The third-order valence-electron chi connectivity index (χ3n) is 7.05. The molecule has 2 N–H and O–H groups in total. The Labute approximate surface area is 188 Å². The molecular weight excluding hydrogens is 386 g/mol. The Balaban J connectivity index is 1.49. The number of likely N-dealkylation sites (tertiary alicyclic amines) is 1. The van der Waals surface area contributed by atoms with Crippen molar-refractivity contribution in [3.8, 4) is 0 Å². The molecule has 3 rings (SSSR count). The van der Waals surface area contributed by atoms with Gasteiger partial charge in [0.15, 0.2) is 5.96 Å². The van der Waals surface area contributed by atoms with Gasteiger partial charge in [-0.1, -0.05) is 43.5 Å². The molecule has 6 heteroatoms. The number of nitrogens with one attached hydrogen (secondary N) is 2. The van der Waals surface area contributed by atoms with Gasteiger partial charge in [-0.15, -0.1) is 0 Å². The minimum atomic E-state index is -0.297. The van der Waals surface area contributed by atoms with E-state index in [0.29, 0.717) is 19.1 Å². The number of nitrogens with zero attached hydrogens (tertiary/aromatic N) is 3. The molecule has 1 amide bonds. The summed E-state index contributed by atoms with van der Waals surface area (Å²) in [6.07, 6.45) is 8.14. The van der Waals surface area contributed by atoms with E-state index in [1.165, 1.54) is 36.9 Å². The zero-order valence-electron chi connectivity index (χ0n) is 19.9. The van der Waals surface area contributed by atoms with Crippen LogP contribution in [0.2, 0.25) is 0 Å². The summed E-state index contributed by atoms with van der Waals surface area (Å²) < 4.78 is 0. The van der Waals surface area contributed by atoms with Gasteiger partial charge in [0.05, 0.1) is 5.41 Å². The predicted molar refractivity (Wildman–Crippen MR) is 128 cm³/mol. The summed E-state index contributed by atoms with van der Waals surface area (Å²) in [7, 11) is 5.49. The van der Waals surface area contributed by atoms with Crippen LogP contribution in [0.1, 0.15) is 63.0 Å². The van der Waals surface area contributed by atoms with Crippen LogP contribution in [0, 0.1) is 5.41 Å². The van der Waals surface area contributed by atoms with E-state index >= 15 is 0 Å². The van der Waals surface area contributed by atoms with Crippen LogP contribution in [0.4, 0.5) is 0 Å². The lowest BCUT2D eigenvalue weighted by molar-refractivity contribution is -0.138. The van der Waals surface area contributed by atoms with Crippen molar-refractivity contribution in [3.63, 3.8) is 0 Å². The molecule has 0 radical (unpaired) electrons. The molecule has 1 heterocycles. The largest absolute Gasteiger partial charge is 0.355 e. The van der Waals surface area contributed by atoms with Crippen LogP contribution in [-0.2, 0) is 17.9 Å². The monoisotopic (exact) mass is 427 g/mol. The van der Waals surface area contributed by atoms with Crippen LogP contribution in [0.5, 0.6) is 0 Å².